The number of benzene rings is 2. The highest BCUT2D eigenvalue weighted by atomic mass is 16.5. The molecule has 0 amide bonds. The summed E-state index contributed by atoms with van der Waals surface area (Å²) in [4.78, 5) is 5.52. The Kier molecular flexibility index (Phi) is 5.84. The van der Waals surface area contributed by atoms with Crippen LogP contribution in [-0.4, -0.2) is 49.1 Å². The van der Waals surface area contributed by atoms with Crippen molar-refractivity contribution in [1.82, 2.24) is 9.80 Å². The van der Waals surface area contributed by atoms with E-state index < -0.39 is 0 Å². The zero-order valence-corrected chi connectivity index (χ0v) is 18.6. The summed E-state index contributed by atoms with van der Waals surface area (Å²) < 4.78 is 5.48. The van der Waals surface area contributed by atoms with Gasteiger partial charge in [0.25, 0.3) is 0 Å². The van der Waals surface area contributed by atoms with E-state index in [2.05, 4.69) is 65.3 Å². The average molecular weight is 405 g/mol. The minimum Gasteiger partial charge on any atom is -0.497 e. The van der Waals surface area contributed by atoms with E-state index in [9.17, 15) is 0 Å². The molecule has 2 aliphatic carbocycles. The maximum absolute atomic E-state index is 5.48. The molecule has 2 aromatic carbocycles. The molecule has 2 aromatic rings. The Hall–Kier alpha value is -1.84. The van der Waals surface area contributed by atoms with Crippen molar-refractivity contribution in [3.8, 4) is 5.75 Å². The van der Waals surface area contributed by atoms with E-state index in [-0.39, 0.29) is 0 Å². The van der Waals surface area contributed by atoms with E-state index in [1.54, 1.807) is 7.11 Å². The minimum absolute atomic E-state index is 0.700. The van der Waals surface area contributed by atoms with Crippen LogP contribution >= 0.6 is 0 Å². The summed E-state index contributed by atoms with van der Waals surface area (Å²) in [6, 6.07) is 18.3. The van der Waals surface area contributed by atoms with Gasteiger partial charge in [0.1, 0.15) is 5.75 Å². The van der Waals surface area contributed by atoms with Gasteiger partial charge in [-0.2, -0.15) is 0 Å². The molecule has 3 aliphatic rings. The fourth-order valence-corrected chi connectivity index (χ4v) is 6.11. The number of likely N-dealkylation sites (tertiary alicyclic amines) is 1. The average Bonchev–Trinajstić information content (AvgIpc) is 3.22. The molecule has 1 heterocycles. The van der Waals surface area contributed by atoms with Crippen molar-refractivity contribution in [3.05, 3.63) is 65.2 Å². The van der Waals surface area contributed by atoms with Crippen molar-refractivity contribution in [2.75, 3.05) is 33.3 Å². The largest absolute Gasteiger partial charge is 0.497 e. The lowest BCUT2D eigenvalue weighted by atomic mass is 9.87. The molecular formula is C27H36N2O. The Balaban J connectivity index is 1.17. The Morgan fingerprint density at radius 2 is 1.83 bits per heavy atom. The number of ether oxygens (including phenoxy) is 1. The summed E-state index contributed by atoms with van der Waals surface area (Å²) in [6.45, 7) is 8.62. The number of methoxy groups -OCH3 is 1. The van der Waals surface area contributed by atoms with Crippen molar-refractivity contribution in [2.45, 2.75) is 45.2 Å². The normalized spacial score (nSPS) is 27.7. The van der Waals surface area contributed by atoms with Gasteiger partial charge >= 0.3 is 0 Å². The second-order valence-electron chi connectivity index (χ2n) is 9.70. The highest BCUT2D eigenvalue weighted by molar-refractivity contribution is 5.38. The SMILES string of the molecule is CCCN(CC1[C@H]2CN(Cc3ccccc3)C[C@@H]12)C1CCc2ccc(OC)cc2C1. The van der Waals surface area contributed by atoms with Crippen molar-refractivity contribution in [3.63, 3.8) is 0 Å². The molecule has 2 unspecified atom stereocenters. The van der Waals surface area contributed by atoms with Gasteiger partial charge < -0.3 is 4.74 Å². The number of hydrogen-bond donors (Lipinski definition) is 0. The summed E-state index contributed by atoms with van der Waals surface area (Å²) in [5.41, 5.74) is 4.50. The van der Waals surface area contributed by atoms with Gasteiger partial charge in [0, 0.05) is 32.2 Å². The first kappa shape index (κ1) is 20.1. The molecule has 30 heavy (non-hydrogen) atoms. The van der Waals surface area contributed by atoms with Crippen molar-refractivity contribution in [1.29, 1.82) is 0 Å². The summed E-state index contributed by atoms with van der Waals surface area (Å²) in [5, 5.41) is 0. The van der Waals surface area contributed by atoms with E-state index in [1.165, 1.54) is 68.6 Å². The highest BCUT2D eigenvalue weighted by Crippen LogP contribution is 2.52. The van der Waals surface area contributed by atoms with Crippen LogP contribution in [0.5, 0.6) is 5.75 Å². The maximum Gasteiger partial charge on any atom is 0.119 e. The molecule has 4 atom stereocenters. The number of fused-ring (bicyclic) bond motifs is 2. The first-order valence-electron chi connectivity index (χ1n) is 11.9. The zero-order valence-electron chi connectivity index (χ0n) is 18.6. The third kappa shape index (κ3) is 4.15. The lowest BCUT2D eigenvalue weighted by Gasteiger charge is -2.36. The molecule has 1 saturated carbocycles. The molecule has 1 aliphatic heterocycles. The van der Waals surface area contributed by atoms with Crippen LogP contribution in [-0.2, 0) is 19.4 Å². The molecule has 0 bridgehead atoms. The van der Waals surface area contributed by atoms with Crippen molar-refractivity contribution < 1.29 is 4.74 Å². The Morgan fingerprint density at radius 3 is 2.57 bits per heavy atom. The van der Waals surface area contributed by atoms with Crippen LogP contribution in [0.3, 0.4) is 0 Å². The second-order valence-corrected chi connectivity index (χ2v) is 9.70. The molecule has 1 saturated heterocycles. The van der Waals surface area contributed by atoms with E-state index in [0.717, 1.165) is 30.0 Å². The Labute approximate surface area is 182 Å². The van der Waals surface area contributed by atoms with E-state index in [4.69, 9.17) is 4.74 Å². The van der Waals surface area contributed by atoms with Gasteiger partial charge in [0.05, 0.1) is 7.11 Å². The number of piperidine rings is 1. The fourth-order valence-electron chi connectivity index (χ4n) is 6.11. The zero-order chi connectivity index (χ0) is 20.5. The van der Waals surface area contributed by atoms with Gasteiger partial charge in [-0.05, 0) is 78.8 Å². The van der Waals surface area contributed by atoms with Gasteiger partial charge in [-0.3, -0.25) is 9.80 Å². The molecular weight excluding hydrogens is 368 g/mol. The predicted octanol–water partition coefficient (Wildman–Crippen LogP) is 4.64. The van der Waals surface area contributed by atoms with Crippen LogP contribution in [0.15, 0.2) is 48.5 Å². The van der Waals surface area contributed by atoms with Crippen LogP contribution in [0, 0.1) is 17.8 Å². The quantitative estimate of drug-likeness (QED) is 0.637. The molecule has 0 N–H and O–H groups in total. The van der Waals surface area contributed by atoms with Crippen LogP contribution in [0.25, 0.3) is 0 Å². The smallest absolute Gasteiger partial charge is 0.119 e. The van der Waals surface area contributed by atoms with Crippen LogP contribution in [0.4, 0.5) is 0 Å². The van der Waals surface area contributed by atoms with Gasteiger partial charge in [-0.25, -0.2) is 0 Å². The molecule has 3 nitrogen and oxygen atoms in total. The number of hydrogen-bond acceptors (Lipinski definition) is 3. The standard InChI is InChI=1S/C27H36N2O/c1-3-13-29(23-11-9-21-10-12-24(30-2)15-22(21)14-23)19-27-25-17-28(18-26(25)27)16-20-7-5-4-6-8-20/h4-8,10,12,15,23,25-27H,3,9,11,13-14,16-19H2,1-2H3/t23?,25-,26+,27?. The first-order chi connectivity index (χ1) is 14.7. The van der Waals surface area contributed by atoms with E-state index in [1.807, 2.05) is 0 Å². The van der Waals surface area contributed by atoms with Crippen LogP contribution in [0.2, 0.25) is 0 Å². The molecule has 0 spiro atoms. The highest BCUT2D eigenvalue weighted by Gasteiger charge is 2.55. The summed E-state index contributed by atoms with van der Waals surface area (Å²) in [5.74, 6) is 3.80. The summed E-state index contributed by atoms with van der Waals surface area (Å²) in [6.07, 6.45) is 4.96. The number of rotatable bonds is 8. The molecule has 0 radical (unpaired) electrons. The third-order valence-electron chi connectivity index (χ3n) is 7.78. The predicted molar refractivity (Wildman–Crippen MR) is 123 cm³/mol. The summed E-state index contributed by atoms with van der Waals surface area (Å²) in [7, 11) is 1.78. The molecule has 5 rings (SSSR count). The second kappa shape index (κ2) is 8.72. The molecule has 3 heteroatoms. The van der Waals surface area contributed by atoms with E-state index >= 15 is 0 Å². The minimum atomic E-state index is 0.700. The number of nitrogens with zero attached hydrogens (tertiary/aromatic N) is 2. The Bertz CT molecular complexity index is 839. The van der Waals surface area contributed by atoms with Gasteiger partial charge in [0.2, 0.25) is 0 Å². The molecule has 2 fully saturated rings. The molecule has 160 valence electrons. The molecule has 0 aromatic heterocycles. The van der Waals surface area contributed by atoms with Crippen molar-refractivity contribution >= 4 is 0 Å². The third-order valence-corrected chi connectivity index (χ3v) is 7.78. The maximum atomic E-state index is 5.48. The van der Waals surface area contributed by atoms with Crippen LogP contribution in [0.1, 0.15) is 36.5 Å². The van der Waals surface area contributed by atoms with E-state index in [0.29, 0.717) is 6.04 Å². The number of aryl methyl sites for hydroxylation is 1. The van der Waals surface area contributed by atoms with Gasteiger partial charge in [-0.1, -0.05) is 43.3 Å². The first-order valence-corrected chi connectivity index (χ1v) is 11.9. The topological polar surface area (TPSA) is 15.7 Å². The van der Waals surface area contributed by atoms with Gasteiger partial charge in [-0.15, -0.1) is 0 Å². The van der Waals surface area contributed by atoms with Crippen molar-refractivity contribution in [2.24, 2.45) is 17.8 Å². The lowest BCUT2D eigenvalue weighted by Crippen LogP contribution is -2.42. The summed E-state index contributed by atoms with van der Waals surface area (Å²) >= 11 is 0. The van der Waals surface area contributed by atoms with Crippen LogP contribution < -0.4 is 4.74 Å². The monoisotopic (exact) mass is 404 g/mol. The Morgan fingerprint density at radius 1 is 1.03 bits per heavy atom. The lowest BCUT2D eigenvalue weighted by molar-refractivity contribution is 0.157. The van der Waals surface area contributed by atoms with Gasteiger partial charge in [0.15, 0.2) is 0 Å². The fraction of sp³-hybridized carbons (Fsp3) is 0.556.